The summed E-state index contributed by atoms with van der Waals surface area (Å²) in [5.74, 6) is 0. The van der Waals surface area contributed by atoms with E-state index in [4.69, 9.17) is 10.5 Å². The van der Waals surface area contributed by atoms with Crippen LogP contribution in [0.3, 0.4) is 0 Å². The van der Waals surface area contributed by atoms with Crippen LogP contribution in [-0.4, -0.2) is 43.2 Å². The van der Waals surface area contributed by atoms with Gasteiger partial charge in [0, 0.05) is 32.2 Å². The number of hydrogen-bond acceptors (Lipinski definition) is 4. The van der Waals surface area contributed by atoms with Crippen LogP contribution in [-0.2, 0) is 11.3 Å². The smallest absolute Gasteiger partial charge is 0.407 e. The number of carbonyl (C=O) groups is 1. The van der Waals surface area contributed by atoms with Crippen molar-refractivity contribution in [3.05, 3.63) is 35.9 Å². The Labute approximate surface area is 113 Å². The Morgan fingerprint density at radius 1 is 1.42 bits per heavy atom. The second-order valence-corrected chi connectivity index (χ2v) is 4.78. The van der Waals surface area contributed by atoms with Crippen LogP contribution < -0.4 is 11.1 Å². The van der Waals surface area contributed by atoms with E-state index in [0.29, 0.717) is 13.2 Å². The van der Waals surface area contributed by atoms with Crippen molar-refractivity contribution in [3.8, 4) is 0 Å². The Kier molecular flexibility index (Phi) is 5.18. The maximum absolute atomic E-state index is 11.7. The van der Waals surface area contributed by atoms with E-state index in [0.717, 1.165) is 31.6 Å². The van der Waals surface area contributed by atoms with Crippen molar-refractivity contribution in [2.45, 2.75) is 19.1 Å². The zero-order valence-electron chi connectivity index (χ0n) is 11.0. The molecule has 1 heterocycles. The summed E-state index contributed by atoms with van der Waals surface area (Å²) in [5.41, 5.74) is 6.51. The number of hydrogen-bond donors (Lipinski definition) is 2. The first-order valence-corrected chi connectivity index (χ1v) is 6.67. The Morgan fingerprint density at radius 3 is 2.95 bits per heavy atom. The lowest BCUT2D eigenvalue weighted by Gasteiger charge is -2.15. The minimum absolute atomic E-state index is 0.176. The van der Waals surface area contributed by atoms with Crippen LogP contribution in [0.5, 0.6) is 0 Å². The normalized spacial score (nSPS) is 19.3. The summed E-state index contributed by atoms with van der Waals surface area (Å²) in [6.07, 6.45) is 0.615. The van der Waals surface area contributed by atoms with Crippen LogP contribution in [0.25, 0.3) is 0 Å². The van der Waals surface area contributed by atoms with Gasteiger partial charge in [-0.25, -0.2) is 4.79 Å². The lowest BCUT2D eigenvalue weighted by atomic mass is 10.2. The molecule has 0 aliphatic carbocycles. The third kappa shape index (κ3) is 4.54. The summed E-state index contributed by atoms with van der Waals surface area (Å²) in [7, 11) is 0. The van der Waals surface area contributed by atoms with Gasteiger partial charge in [-0.2, -0.15) is 0 Å². The second kappa shape index (κ2) is 7.11. The van der Waals surface area contributed by atoms with Gasteiger partial charge >= 0.3 is 6.09 Å². The molecular formula is C14H21N3O2. The van der Waals surface area contributed by atoms with Gasteiger partial charge in [0.1, 0.15) is 6.61 Å². The molecule has 104 valence electrons. The van der Waals surface area contributed by atoms with E-state index in [1.54, 1.807) is 0 Å². The van der Waals surface area contributed by atoms with Gasteiger partial charge in [0.05, 0.1) is 0 Å². The molecule has 1 aromatic carbocycles. The van der Waals surface area contributed by atoms with Gasteiger partial charge in [0.15, 0.2) is 0 Å². The average Bonchev–Trinajstić information content (AvgIpc) is 2.85. The zero-order valence-corrected chi connectivity index (χ0v) is 11.0. The first-order chi connectivity index (χ1) is 9.28. The molecule has 1 saturated heterocycles. The molecule has 0 aromatic heterocycles. The van der Waals surface area contributed by atoms with Gasteiger partial charge in [-0.05, 0) is 12.0 Å². The van der Waals surface area contributed by atoms with Crippen molar-refractivity contribution < 1.29 is 9.53 Å². The predicted molar refractivity (Wildman–Crippen MR) is 73.7 cm³/mol. The first kappa shape index (κ1) is 13.8. The molecule has 0 saturated carbocycles. The summed E-state index contributed by atoms with van der Waals surface area (Å²) in [5, 5.41) is 2.89. The Morgan fingerprint density at radius 2 is 2.21 bits per heavy atom. The standard InChI is InChI=1S/C14H21N3O2/c15-7-9-17-8-6-13(10-17)16-14(18)19-11-12-4-2-1-3-5-12/h1-5,13H,6-11,15H2,(H,16,18)/t13-/m1/s1. The van der Waals surface area contributed by atoms with E-state index in [1.165, 1.54) is 0 Å². The van der Waals surface area contributed by atoms with Gasteiger partial charge in [-0.1, -0.05) is 30.3 Å². The summed E-state index contributed by atoms with van der Waals surface area (Å²) in [6, 6.07) is 9.84. The average molecular weight is 263 g/mol. The fourth-order valence-electron chi connectivity index (χ4n) is 2.27. The molecule has 1 aromatic rings. The van der Waals surface area contributed by atoms with Gasteiger partial charge in [-0.3, -0.25) is 4.90 Å². The number of benzene rings is 1. The molecule has 19 heavy (non-hydrogen) atoms. The molecular weight excluding hydrogens is 242 g/mol. The summed E-state index contributed by atoms with van der Waals surface area (Å²) in [6.45, 7) is 3.70. The first-order valence-electron chi connectivity index (χ1n) is 6.67. The van der Waals surface area contributed by atoms with Gasteiger partial charge < -0.3 is 15.8 Å². The van der Waals surface area contributed by atoms with Crippen molar-refractivity contribution in [3.63, 3.8) is 0 Å². The minimum Gasteiger partial charge on any atom is -0.445 e. The zero-order chi connectivity index (χ0) is 13.5. The highest BCUT2D eigenvalue weighted by Gasteiger charge is 2.23. The molecule has 0 unspecified atom stereocenters. The van der Waals surface area contributed by atoms with Crippen LogP contribution in [0.1, 0.15) is 12.0 Å². The van der Waals surface area contributed by atoms with E-state index in [9.17, 15) is 4.79 Å². The third-order valence-electron chi connectivity index (χ3n) is 3.25. The lowest BCUT2D eigenvalue weighted by molar-refractivity contribution is 0.135. The van der Waals surface area contributed by atoms with E-state index < -0.39 is 0 Å². The van der Waals surface area contributed by atoms with Gasteiger partial charge in [-0.15, -0.1) is 0 Å². The Hall–Kier alpha value is -1.59. The summed E-state index contributed by atoms with van der Waals surface area (Å²) in [4.78, 5) is 13.9. The van der Waals surface area contributed by atoms with E-state index >= 15 is 0 Å². The molecule has 5 heteroatoms. The van der Waals surface area contributed by atoms with Crippen LogP contribution in [0.2, 0.25) is 0 Å². The number of nitrogens with one attached hydrogen (secondary N) is 1. The van der Waals surface area contributed by atoms with E-state index in [1.807, 2.05) is 30.3 Å². The third-order valence-corrected chi connectivity index (χ3v) is 3.25. The largest absolute Gasteiger partial charge is 0.445 e. The number of nitrogens with two attached hydrogens (primary N) is 1. The highest BCUT2D eigenvalue weighted by Crippen LogP contribution is 2.08. The van der Waals surface area contributed by atoms with Crippen LogP contribution in [0.4, 0.5) is 4.79 Å². The number of alkyl carbamates (subject to hydrolysis) is 1. The van der Waals surface area contributed by atoms with Crippen LogP contribution >= 0.6 is 0 Å². The molecule has 1 fully saturated rings. The quantitative estimate of drug-likeness (QED) is 0.830. The monoisotopic (exact) mass is 263 g/mol. The maximum Gasteiger partial charge on any atom is 0.407 e. The number of carbonyl (C=O) groups excluding carboxylic acids is 1. The van der Waals surface area contributed by atoms with Crippen molar-refractivity contribution in [2.24, 2.45) is 5.73 Å². The van der Waals surface area contributed by atoms with Crippen LogP contribution in [0, 0.1) is 0 Å². The molecule has 1 amide bonds. The van der Waals surface area contributed by atoms with E-state index in [2.05, 4.69) is 10.2 Å². The Bertz CT molecular complexity index is 397. The maximum atomic E-state index is 11.7. The van der Waals surface area contributed by atoms with Crippen LogP contribution in [0.15, 0.2) is 30.3 Å². The molecule has 1 aliphatic rings. The molecule has 3 N–H and O–H groups in total. The van der Waals surface area contributed by atoms with Crippen molar-refractivity contribution in [1.82, 2.24) is 10.2 Å². The van der Waals surface area contributed by atoms with Crippen molar-refractivity contribution in [1.29, 1.82) is 0 Å². The van der Waals surface area contributed by atoms with Gasteiger partial charge in [0.25, 0.3) is 0 Å². The number of rotatable bonds is 5. The topological polar surface area (TPSA) is 67.6 Å². The fourth-order valence-corrected chi connectivity index (χ4v) is 2.27. The molecule has 1 atom stereocenters. The number of ether oxygens (including phenoxy) is 1. The number of amides is 1. The molecule has 1 aliphatic heterocycles. The second-order valence-electron chi connectivity index (χ2n) is 4.78. The van der Waals surface area contributed by atoms with Gasteiger partial charge in [0.2, 0.25) is 0 Å². The number of likely N-dealkylation sites (tertiary alicyclic amines) is 1. The molecule has 0 spiro atoms. The SMILES string of the molecule is NCCN1CC[C@@H](NC(=O)OCc2ccccc2)C1. The van der Waals surface area contributed by atoms with E-state index in [-0.39, 0.29) is 12.1 Å². The minimum atomic E-state index is -0.344. The lowest BCUT2D eigenvalue weighted by Crippen LogP contribution is -2.38. The highest BCUT2D eigenvalue weighted by molar-refractivity contribution is 5.67. The predicted octanol–water partition coefficient (Wildman–Crippen LogP) is 0.946. The molecule has 5 nitrogen and oxygen atoms in total. The fraction of sp³-hybridized carbons (Fsp3) is 0.500. The van der Waals surface area contributed by atoms with Crippen molar-refractivity contribution >= 4 is 6.09 Å². The Balaban J connectivity index is 1.68. The van der Waals surface area contributed by atoms with Crippen molar-refractivity contribution in [2.75, 3.05) is 26.2 Å². The molecule has 2 rings (SSSR count). The molecule has 0 radical (unpaired) electrons. The molecule has 0 bridgehead atoms. The number of nitrogens with zero attached hydrogens (tertiary/aromatic N) is 1. The summed E-state index contributed by atoms with van der Waals surface area (Å²) < 4.78 is 5.19. The summed E-state index contributed by atoms with van der Waals surface area (Å²) >= 11 is 0. The highest BCUT2D eigenvalue weighted by atomic mass is 16.5.